The molecule has 1 unspecified atom stereocenters. The fourth-order valence-corrected chi connectivity index (χ4v) is 3.64. The van der Waals surface area contributed by atoms with Crippen LogP contribution in [0.2, 0.25) is 5.02 Å². The molecule has 110 valence electrons. The van der Waals surface area contributed by atoms with Crippen molar-refractivity contribution in [2.45, 2.75) is 32.2 Å². The first kappa shape index (κ1) is 14.6. The number of halogens is 1. The number of hydrogen-bond donors (Lipinski definition) is 1. The van der Waals surface area contributed by atoms with E-state index in [1.165, 1.54) is 16.7 Å². The maximum Gasteiger partial charge on any atom is 0.0453 e. The fraction of sp³-hybridized carbons (Fsp3) is 0.368. The van der Waals surface area contributed by atoms with Crippen LogP contribution in [0.15, 0.2) is 48.5 Å². The lowest BCUT2D eigenvalue weighted by molar-refractivity contribution is 0.374. The van der Waals surface area contributed by atoms with Gasteiger partial charge in [-0.25, -0.2) is 0 Å². The molecule has 0 radical (unpaired) electrons. The lowest BCUT2D eigenvalue weighted by Crippen LogP contribution is -2.29. The predicted molar refractivity (Wildman–Crippen MR) is 89.8 cm³/mol. The fourth-order valence-electron chi connectivity index (χ4n) is 3.39. The molecule has 0 amide bonds. The summed E-state index contributed by atoms with van der Waals surface area (Å²) in [7, 11) is 0. The minimum atomic E-state index is 0.339. The average Bonchev–Trinajstić information content (AvgIpc) is 2.93. The Morgan fingerprint density at radius 1 is 1.05 bits per heavy atom. The van der Waals surface area contributed by atoms with Gasteiger partial charge in [0.2, 0.25) is 0 Å². The van der Waals surface area contributed by atoms with Gasteiger partial charge in [-0.15, -0.1) is 0 Å². The molecule has 0 bridgehead atoms. The van der Waals surface area contributed by atoms with E-state index in [-0.39, 0.29) is 0 Å². The van der Waals surface area contributed by atoms with Crippen molar-refractivity contribution in [1.82, 2.24) is 5.32 Å². The molecule has 0 spiro atoms. The maximum absolute atomic E-state index is 6.45. The molecular weight excluding hydrogens is 278 g/mol. The Morgan fingerprint density at radius 3 is 2.29 bits per heavy atom. The SMILES string of the molecule is CCCNC(c1ccccc1Cl)C1Cc2ccccc2C1. The zero-order chi connectivity index (χ0) is 14.7. The Labute approximate surface area is 132 Å². The van der Waals surface area contributed by atoms with Crippen molar-refractivity contribution < 1.29 is 0 Å². The van der Waals surface area contributed by atoms with E-state index in [0.29, 0.717) is 12.0 Å². The van der Waals surface area contributed by atoms with Crippen molar-refractivity contribution in [2.75, 3.05) is 6.54 Å². The van der Waals surface area contributed by atoms with E-state index < -0.39 is 0 Å². The summed E-state index contributed by atoms with van der Waals surface area (Å²) in [5.74, 6) is 0.592. The number of nitrogens with one attached hydrogen (secondary N) is 1. The van der Waals surface area contributed by atoms with Crippen molar-refractivity contribution >= 4 is 11.6 Å². The minimum absolute atomic E-state index is 0.339. The van der Waals surface area contributed by atoms with Gasteiger partial charge in [0.25, 0.3) is 0 Å². The highest BCUT2D eigenvalue weighted by molar-refractivity contribution is 6.31. The van der Waals surface area contributed by atoms with Crippen LogP contribution >= 0.6 is 11.6 Å². The first-order valence-electron chi connectivity index (χ1n) is 7.84. The van der Waals surface area contributed by atoms with Crippen molar-refractivity contribution in [3.63, 3.8) is 0 Å². The zero-order valence-corrected chi connectivity index (χ0v) is 13.2. The summed E-state index contributed by atoms with van der Waals surface area (Å²) in [6.07, 6.45) is 3.42. The Hall–Kier alpha value is -1.31. The zero-order valence-electron chi connectivity index (χ0n) is 12.5. The van der Waals surface area contributed by atoms with Crippen molar-refractivity contribution in [3.05, 3.63) is 70.2 Å². The van der Waals surface area contributed by atoms with E-state index in [0.717, 1.165) is 30.8 Å². The lowest BCUT2D eigenvalue weighted by Gasteiger charge is -2.26. The number of rotatable bonds is 5. The second kappa shape index (κ2) is 6.64. The predicted octanol–water partition coefficient (Wildman–Crippen LogP) is 4.80. The molecule has 0 aromatic heterocycles. The summed E-state index contributed by atoms with van der Waals surface area (Å²) in [5, 5.41) is 4.60. The standard InChI is InChI=1S/C19H22ClN/c1-2-11-21-19(17-9-5-6-10-18(17)20)16-12-14-7-3-4-8-15(14)13-16/h3-10,16,19,21H,2,11-13H2,1H3. The molecule has 1 N–H and O–H groups in total. The molecule has 0 saturated heterocycles. The van der Waals surface area contributed by atoms with Crippen molar-refractivity contribution in [1.29, 1.82) is 0 Å². The molecule has 0 saturated carbocycles. The quantitative estimate of drug-likeness (QED) is 0.836. The smallest absolute Gasteiger partial charge is 0.0453 e. The van der Waals surface area contributed by atoms with Gasteiger partial charge in [0.15, 0.2) is 0 Å². The average molecular weight is 300 g/mol. The molecule has 1 nitrogen and oxygen atoms in total. The van der Waals surface area contributed by atoms with E-state index in [9.17, 15) is 0 Å². The molecule has 2 aromatic carbocycles. The Bertz CT molecular complexity index is 583. The molecule has 0 fully saturated rings. The number of fused-ring (bicyclic) bond motifs is 1. The molecule has 0 aliphatic heterocycles. The van der Waals surface area contributed by atoms with Gasteiger partial charge < -0.3 is 5.32 Å². The third-order valence-corrected chi connectivity index (χ3v) is 4.75. The third kappa shape index (κ3) is 3.14. The number of hydrogen-bond acceptors (Lipinski definition) is 1. The molecule has 2 aromatic rings. The van der Waals surface area contributed by atoms with Crippen LogP contribution in [0.4, 0.5) is 0 Å². The van der Waals surface area contributed by atoms with E-state index >= 15 is 0 Å². The van der Waals surface area contributed by atoms with Gasteiger partial charge in [0, 0.05) is 11.1 Å². The van der Waals surface area contributed by atoms with Crippen LogP contribution in [-0.4, -0.2) is 6.54 Å². The molecule has 1 aliphatic rings. The molecule has 21 heavy (non-hydrogen) atoms. The third-order valence-electron chi connectivity index (χ3n) is 4.41. The van der Waals surface area contributed by atoms with Crippen LogP contribution in [0.3, 0.4) is 0 Å². The van der Waals surface area contributed by atoms with Crippen molar-refractivity contribution in [3.8, 4) is 0 Å². The Kier molecular flexibility index (Phi) is 4.62. The molecule has 1 aliphatic carbocycles. The first-order valence-corrected chi connectivity index (χ1v) is 8.22. The summed E-state index contributed by atoms with van der Waals surface area (Å²) >= 11 is 6.45. The van der Waals surface area contributed by atoms with E-state index in [1.807, 2.05) is 12.1 Å². The van der Waals surface area contributed by atoms with Crippen LogP contribution in [0.25, 0.3) is 0 Å². The van der Waals surface area contributed by atoms with E-state index in [1.54, 1.807) is 0 Å². The van der Waals surface area contributed by atoms with Crippen LogP contribution in [0.5, 0.6) is 0 Å². The highest BCUT2D eigenvalue weighted by Crippen LogP contribution is 2.37. The van der Waals surface area contributed by atoms with E-state index in [4.69, 9.17) is 11.6 Å². The summed E-state index contributed by atoms with van der Waals surface area (Å²) < 4.78 is 0. The topological polar surface area (TPSA) is 12.0 Å². The highest BCUT2D eigenvalue weighted by atomic mass is 35.5. The van der Waals surface area contributed by atoms with Crippen LogP contribution in [0, 0.1) is 5.92 Å². The number of benzene rings is 2. The minimum Gasteiger partial charge on any atom is -0.310 e. The van der Waals surface area contributed by atoms with Gasteiger partial charge in [-0.05, 0) is 54.5 Å². The van der Waals surface area contributed by atoms with Gasteiger partial charge in [-0.3, -0.25) is 0 Å². The monoisotopic (exact) mass is 299 g/mol. The molecule has 3 rings (SSSR count). The summed E-state index contributed by atoms with van der Waals surface area (Å²) in [4.78, 5) is 0. The largest absolute Gasteiger partial charge is 0.310 e. The first-order chi connectivity index (χ1) is 10.3. The second-order valence-corrected chi connectivity index (χ2v) is 6.30. The van der Waals surface area contributed by atoms with Crippen LogP contribution in [0.1, 0.15) is 36.1 Å². The Morgan fingerprint density at radius 2 is 1.67 bits per heavy atom. The van der Waals surface area contributed by atoms with Gasteiger partial charge in [-0.1, -0.05) is 61.0 Å². The molecule has 1 atom stereocenters. The van der Waals surface area contributed by atoms with Crippen LogP contribution in [-0.2, 0) is 12.8 Å². The van der Waals surface area contributed by atoms with Gasteiger partial charge in [0.1, 0.15) is 0 Å². The van der Waals surface area contributed by atoms with Crippen molar-refractivity contribution in [2.24, 2.45) is 5.92 Å². The van der Waals surface area contributed by atoms with Gasteiger partial charge >= 0.3 is 0 Å². The van der Waals surface area contributed by atoms with Gasteiger partial charge in [0.05, 0.1) is 0 Å². The van der Waals surface area contributed by atoms with Gasteiger partial charge in [-0.2, -0.15) is 0 Å². The molecule has 0 heterocycles. The summed E-state index contributed by atoms with van der Waals surface area (Å²) in [5.41, 5.74) is 4.24. The Balaban J connectivity index is 1.86. The second-order valence-electron chi connectivity index (χ2n) is 5.89. The molecule has 2 heteroatoms. The lowest BCUT2D eigenvalue weighted by atomic mass is 9.90. The normalized spacial score (nSPS) is 15.9. The highest BCUT2D eigenvalue weighted by Gasteiger charge is 2.30. The van der Waals surface area contributed by atoms with E-state index in [2.05, 4.69) is 48.6 Å². The van der Waals surface area contributed by atoms with Crippen LogP contribution < -0.4 is 5.32 Å². The molecular formula is C19H22ClN. The summed E-state index contributed by atoms with van der Waals surface area (Å²) in [6, 6.07) is 17.4. The summed E-state index contributed by atoms with van der Waals surface area (Å²) in [6.45, 7) is 3.24. The maximum atomic E-state index is 6.45.